The van der Waals surface area contributed by atoms with Crippen molar-refractivity contribution in [3.05, 3.63) is 48.7 Å². The summed E-state index contributed by atoms with van der Waals surface area (Å²) in [5.74, 6) is 0.886. The molecule has 2 heterocycles. The fraction of sp³-hybridized carbons (Fsp3) is 0.278. The van der Waals surface area contributed by atoms with Crippen LogP contribution in [0.25, 0.3) is 22.3 Å². The van der Waals surface area contributed by atoms with Crippen LogP contribution in [0, 0.1) is 0 Å². The number of fused-ring (bicyclic) bond motifs is 1. The molecule has 0 fully saturated rings. The highest BCUT2D eigenvalue weighted by atomic mass is 16.5. The Kier molecular flexibility index (Phi) is 4.39. The minimum Gasteiger partial charge on any atom is -0.494 e. The lowest BCUT2D eigenvalue weighted by Crippen LogP contribution is -2.04. The van der Waals surface area contributed by atoms with Gasteiger partial charge in [-0.1, -0.05) is 0 Å². The first-order chi connectivity index (χ1) is 10.8. The maximum Gasteiger partial charge on any atom is 0.142 e. The average Bonchev–Trinajstić information content (AvgIpc) is 2.92. The van der Waals surface area contributed by atoms with Gasteiger partial charge in [0.1, 0.15) is 18.1 Å². The summed E-state index contributed by atoms with van der Waals surface area (Å²) in [7, 11) is 0. The first-order valence-corrected chi connectivity index (χ1v) is 7.58. The van der Waals surface area contributed by atoms with Crippen LogP contribution < -0.4 is 4.74 Å². The van der Waals surface area contributed by atoms with E-state index < -0.39 is 0 Å². The lowest BCUT2D eigenvalue weighted by atomic mass is 10.1. The second-order valence-electron chi connectivity index (χ2n) is 4.95. The van der Waals surface area contributed by atoms with Crippen molar-refractivity contribution in [3.8, 4) is 17.0 Å². The summed E-state index contributed by atoms with van der Waals surface area (Å²) in [4.78, 5) is 4.49. The molecule has 3 aromatic rings. The van der Waals surface area contributed by atoms with E-state index in [1.807, 2.05) is 38.2 Å². The molecule has 0 aliphatic heterocycles. The van der Waals surface area contributed by atoms with Crippen LogP contribution in [-0.4, -0.2) is 22.8 Å². The van der Waals surface area contributed by atoms with Gasteiger partial charge < -0.3 is 14.0 Å². The minimum atomic E-state index is 0.500. The molecule has 1 aromatic carbocycles. The highest BCUT2D eigenvalue weighted by molar-refractivity contribution is 5.84. The predicted octanol–water partition coefficient (Wildman–Crippen LogP) is 4.10. The van der Waals surface area contributed by atoms with E-state index in [1.54, 1.807) is 0 Å². The van der Waals surface area contributed by atoms with Crippen LogP contribution in [0.1, 0.15) is 13.8 Å². The Labute approximate surface area is 130 Å². The quantitative estimate of drug-likeness (QED) is 0.687. The second kappa shape index (κ2) is 6.62. The molecule has 22 heavy (non-hydrogen) atoms. The Morgan fingerprint density at radius 3 is 2.59 bits per heavy atom. The van der Waals surface area contributed by atoms with Gasteiger partial charge in [0, 0.05) is 18.2 Å². The molecule has 0 spiro atoms. The highest BCUT2D eigenvalue weighted by Gasteiger charge is 2.11. The molecular formula is C18H20N2O2. The van der Waals surface area contributed by atoms with Crippen molar-refractivity contribution in [3.63, 3.8) is 0 Å². The molecule has 0 bridgehead atoms. The van der Waals surface area contributed by atoms with Crippen LogP contribution in [0.15, 0.2) is 48.7 Å². The van der Waals surface area contributed by atoms with Crippen LogP contribution in [-0.2, 0) is 11.5 Å². The molecule has 2 aromatic heterocycles. The largest absolute Gasteiger partial charge is 0.494 e. The molecule has 0 saturated heterocycles. The Morgan fingerprint density at radius 2 is 1.86 bits per heavy atom. The van der Waals surface area contributed by atoms with Crippen molar-refractivity contribution in [2.24, 2.45) is 0 Å². The van der Waals surface area contributed by atoms with Crippen molar-refractivity contribution in [1.29, 1.82) is 0 Å². The van der Waals surface area contributed by atoms with Gasteiger partial charge in [-0.05, 0) is 61.9 Å². The van der Waals surface area contributed by atoms with E-state index in [0.717, 1.165) is 28.0 Å². The van der Waals surface area contributed by atoms with Crippen molar-refractivity contribution in [2.75, 3.05) is 13.2 Å². The van der Waals surface area contributed by atoms with Crippen LogP contribution in [0.4, 0.5) is 0 Å². The number of rotatable bonds is 6. The maximum absolute atomic E-state index is 5.61. The van der Waals surface area contributed by atoms with E-state index in [9.17, 15) is 0 Å². The molecule has 0 aliphatic carbocycles. The van der Waals surface area contributed by atoms with Gasteiger partial charge in [0.05, 0.1) is 12.3 Å². The number of ether oxygens (including phenoxy) is 2. The van der Waals surface area contributed by atoms with Crippen molar-refractivity contribution in [1.82, 2.24) is 9.55 Å². The van der Waals surface area contributed by atoms with Gasteiger partial charge in [-0.3, -0.25) is 0 Å². The highest BCUT2D eigenvalue weighted by Crippen LogP contribution is 2.28. The molecule has 0 aliphatic rings. The third-order valence-electron chi connectivity index (χ3n) is 3.54. The summed E-state index contributed by atoms with van der Waals surface area (Å²) in [6.07, 6.45) is 1.81. The molecule has 0 atom stereocenters. The Hall–Kier alpha value is -2.33. The summed E-state index contributed by atoms with van der Waals surface area (Å²) in [5.41, 5.74) is 3.17. The van der Waals surface area contributed by atoms with E-state index in [0.29, 0.717) is 19.9 Å². The van der Waals surface area contributed by atoms with Gasteiger partial charge in [0.2, 0.25) is 0 Å². The fourth-order valence-electron chi connectivity index (χ4n) is 2.53. The minimum absolute atomic E-state index is 0.500. The standard InChI is InChI=1S/C18H20N2O2/c1-3-21-13-20-17(12-15-6-5-11-19-18(15)20)14-7-9-16(10-8-14)22-4-2/h5-12H,3-4,13H2,1-2H3. The number of hydrogen-bond acceptors (Lipinski definition) is 3. The first-order valence-electron chi connectivity index (χ1n) is 7.58. The molecular weight excluding hydrogens is 276 g/mol. The van der Waals surface area contributed by atoms with Gasteiger partial charge in [0.15, 0.2) is 0 Å². The zero-order valence-electron chi connectivity index (χ0n) is 13.0. The Balaban J connectivity index is 2.04. The van der Waals surface area contributed by atoms with Crippen molar-refractivity contribution < 1.29 is 9.47 Å². The topological polar surface area (TPSA) is 36.3 Å². The average molecular weight is 296 g/mol. The smallest absolute Gasteiger partial charge is 0.142 e. The lowest BCUT2D eigenvalue weighted by molar-refractivity contribution is 0.0915. The van der Waals surface area contributed by atoms with Gasteiger partial charge in [0.25, 0.3) is 0 Å². The summed E-state index contributed by atoms with van der Waals surface area (Å²) >= 11 is 0. The summed E-state index contributed by atoms with van der Waals surface area (Å²) in [6.45, 7) is 5.83. The maximum atomic E-state index is 5.61. The summed E-state index contributed by atoms with van der Waals surface area (Å²) < 4.78 is 13.2. The third-order valence-corrected chi connectivity index (χ3v) is 3.54. The lowest BCUT2D eigenvalue weighted by Gasteiger charge is -2.11. The molecule has 4 nitrogen and oxygen atoms in total. The number of aromatic nitrogens is 2. The van der Waals surface area contributed by atoms with Crippen molar-refractivity contribution in [2.45, 2.75) is 20.6 Å². The van der Waals surface area contributed by atoms with Crippen LogP contribution in [0.3, 0.4) is 0 Å². The van der Waals surface area contributed by atoms with E-state index in [2.05, 4.69) is 33.8 Å². The zero-order chi connectivity index (χ0) is 15.4. The Morgan fingerprint density at radius 1 is 1.05 bits per heavy atom. The number of nitrogens with zero attached hydrogens (tertiary/aromatic N) is 2. The molecule has 0 radical (unpaired) electrons. The molecule has 114 valence electrons. The van der Waals surface area contributed by atoms with Crippen molar-refractivity contribution >= 4 is 11.0 Å². The predicted molar refractivity (Wildman–Crippen MR) is 88.0 cm³/mol. The number of benzene rings is 1. The summed E-state index contributed by atoms with van der Waals surface area (Å²) in [5, 5.41) is 1.12. The number of pyridine rings is 1. The monoisotopic (exact) mass is 296 g/mol. The van der Waals surface area contributed by atoms with Crippen LogP contribution >= 0.6 is 0 Å². The fourth-order valence-corrected chi connectivity index (χ4v) is 2.53. The van der Waals surface area contributed by atoms with Gasteiger partial charge >= 0.3 is 0 Å². The first kappa shape index (κ1) is 14.6. The van der Waals surface area contributed by atoms with E-state index in [-0.39, 0.29) is 0 Å². The molecule has 0 amide bonds. The van der Waals surface area contributed by atoms with Crippen LogP contribution in [0.2, 0.25) is 0 Å². The van der Waals surface area contributed by atoms with Gasteiger partial charge in [-0.25, -0.2) is 4.98 Å². The van der Waals surface area contributed by atoms with Crippen LogP contribution in [0.5, 0.6) is 5.75 Å². The van der Waals surface area contributed by atoms with Gasteiger partial charge in [-0.15, -0.1) is 0 Å². The molecule has 3 rings (SSSR count). The van der Waals surface area contributed by atoms with E-state index >= 15 is 0 Å². The molecule has 0 N–H and O–H groups in total. The van der Waals surface area contributed by atoms with E-state index in [4.69, 9.17) is 9.47 Å². The van der Waals surface area contributed by atoms with E-state index in [1.165, 1.54) is 0 Å². The van der Waals surface area contributed by atoms with Gasteiger partial charge in [-0.2, -0.15) is 0 Å². The molecule has 0 saturated carbocycles. The summed E-state index contributed by atoms with van der Waals surface area (Å²) in [6, 6.07) is 14.3. The SMILES string of the molecule is CCOCn1c(-c2ccc(OCC)cc2)cc2cccnc21. The zero-order valence-corrected chi connectivity index (χ0v) is 13.0. The normalized spacial score (nSPS) is 11.0. The molecule has 4 heteroatoms. The Bertz CT molecular complexity index is 747. The second-order valence-corrected chi connectivity index (χ2v) is 4.95. The molecule has 0 unspecified atom stereocenters. The third kappa shape index (κ3) is 2.83. The number of hydrogen-bond donors (Lipinski definition) is 0.